The Balaban J connectivity index is 4.46. The van der Waals surface area contributed by atoms with Gasteiger partial charge in [-0.3, -0.25) is 9.59 Å². The highest BCUT2D eigenvalue weighted by molar-refractivity contribution is 8.33. The van der Waals surface area contributed by atoms with E-state index in [1.165, 1.54) is 0 Å². The molecule has 0 aromatic heterocycles. The fourth-order valence-corrected chi connectivity index (χ4v) is 2.05. The number of hydrogen-bond donors (Lipinski definition) is 2. The molecule has 0 amide bonds. The zero-order valence-corrected chi connectivity index (χ0v) is 8.22. The lowest BCUT2D eigenvalue weighted by Crippen LogP contribution is -2.28. The average molecular weight is 194 g/mol. The summed E-state index contributed by atoms with van der Waals surface area (Å²) in [6.07, 6.45) is 5.12. The van der Waals surface area contributed by atoms with Gasteiger partial charge in [-0.15, -0.1) is 0 Å². The highest BCUT2D eigenvalue weighted by atomic mass is 32.3. The second-order valence-electron chi connectivity index (χ2n) is 3.36. The van der Waals surface area contributed by atoms with E-state index >= 15 is 0 Å². The van der Waals surface area contributed by atoms with Gasteiger partial charge in [-0.05, 0) is 18.8 Å². The Labute approximate surface area is 72.9 Å². The Bertz CT molecular complexity index is 194. The first-order valence-corrected chi connectivity index (χ1v) is 6.29. The molecule has 0 saturated carbocycles. The minimum Gasteiger partial charge on any atom is -0.481 e. The van der Waals surface area contributed by atoms with Crippen LogP contribution >= 0.6 is 10.0 Å². The summed E-state index contributed by atoms with van der Waals surface area (Å²) in [4.78, 5) is 20.9. The molecule has 0 aliphatic rings. The molecule has 0 aromatic carbocycles. The van der Waals surface area contributed by atoms with Gasteiger partial charge in [0.15, 0.2) is 0 Å². The van der Waals surface area contributed by atoms with Gasteiger partial charge in [0.25, 0.3) is 0 Å². The summed E-state index contributed by atoms with van der Waals surface area (Å²) in [7, 11) is -1.34. The second-order valence-corrected chi connectivity index (χ2v) is 7.79. The molecule has 72 valence electrons. The Morgan fingerprint density at radius 2 is 1.67 bits per heavy atom. The SMILES string of the molecule is CS(C)(C)C(CC(=O)O)C(=O)O. The van der Waals surface area contributed by atoms with Crippen molar-refractivity contribution in [3.8, 4) is 0 Å². The summed E-state index contributed by atoms with van der Waals surface area (Å²) in [5.74, 6) is -2.07. The number of carboxylic acid groups (broad SMARTS) is 2. The van der Waals surface area contributed by atoms with Crippen LogP contribution in [0.2, 0.25) is 0 Å². The maximum absolute atomic E-state index is 10.6. The van der Waals surface area contributed by atoms with E-state index in [4.69, 9.17) is 10.2 Å². The summed E-state index contributed by atoms with van der Waals surface area (Å²) in [5, 5.41) is 16.4. The number of hydrogen-bond acceptors (Lipinski definition) is 2. The molecule has 5 heteroatoms. The van der Waals surface area contributed by atoms with Gasteiger partial charge in [0.1, 0.15) is 0 Å². The molecule has 0 rings (SSSR count). The summed E-state index contributed by atoms with van der Waals surface area (Å²) < 4.78 is 0. The van der Waals surface area contributed by atoms with Crippen molar-refractivity contribution in [2.45, 2.75) is 11.7 Å². The molecule has 1 unspecified atom stereocenters. The monoisotopic (exact) mass is 194 g/mol. The first-order chi connectivity index (χ1) is 5.25. The molecule has 0 spiro atoms. The standard InChI is InChI=1S/C7H14O4S/c1-12(2,3)5(7(10)11)4-6(8)9/h5H,4H2,1-3H3,(H,8,9)(H,10,11). The zero-order chi connectivity index (χ0) is 9.94. The molecule has 0 aliphatic heterocycles. The van der Waals surface area contributed by atoms with Crippen LogP contribution in [0.3, 0.4) is 0 Å². The lowest BCUT2D eigenvalue weighted by molar-refractivity contribution is -0.143. The largest absolute Gasteiger partial charge is 0.481 e. The van der Waals surface area contributed by atoms with E-state index in [9.17, 15) is 9.59 Å². The van der Waals surface area contributed by atoms with Crippen molar-refractivity contribution in [1.29, 1.82) is 0 Å². The highest BCUT2D eigenvalue weighted by Crippen LogP contribution is 2.42. The third kappa shape index (κ3) is 3.61. The van der Waals surface area contributed by atoms with Crippen LogP contribution in [0, 0.1) is 0 Å². The molecule has 0 radical (unpaired) electrons. The lowest BCUT2D eigenvalue weighted by atomic mass is 10.3. The predicted octanol–water partition coefficient (Wildman–Crippen LogP) is 0.608. The van der Waals surface area contributed by atoms with Crippen LogP contribution in [0.4, 0.5) is 0 Å². The zero-order valence-electron chi connectivity index (χ0n) is 7.40. The van der Waals surface area contributed by atoms with E-state index in [2.05, 4.69) is 0 Å². The molecular weight excluding hydrogens is 180 g/mol. The van der Waals surface area contributed by atoms with Crippen molar-refractivity contribution < 1.29 is 19.8 Å². The van der Waals surface area contributed by atoms with Gasteiger partial charge < -0.3 is 10.2 Å². The summed E-state index contributed by atoms with van der Waals surface area (Å²) in [5.41, 5.74) is 0. The van der Waals surface area contributed by atoms with Crippen LogP contribution in [0.1, 0.15) is 6.42 Å². The smallest absolute Gasteiger partial charge is 0.315 e. The average Bonchev–Trinajstić information content (AvgIpc) is 1.79. The van der Waals surface area contributed by atoms with E-state index < -0.39 is 27.2 Å². The minimum atomic E-state index is -1.34. The van der Waals surface area contributed by atoms with Crippen LogP contribution < -0.4 is 0 Å². The Morgan fingerprint density at radius 3 is 1.75 bits per heavy atom. The molecule has 0 aliphatic carbocycles. The fraction of sp³-hybridized carbons (Fsp3) is 0.714. The molecule has 2 N–H and O–H groups in total. The normalized spacial score (nSPS) is 15.2. The van der Waals surface area contributed by atoms with E-state index in [0.717, 1.165) is 0 Å². The number of carbonyl (C=O) groups is 2. The minimum absolute atomic E-state index is 0.284. The molecular formula is C7H14O4S. The molecule has 0 aromatic rings. The number of carboxylic acids is 2. The van der Waals surface area contributed by atoms with Crippen molar-refractivity contribution in [3.63, 3.8) is 0 Å². The van der Waals surface area contributed by atoms with Crippen molar-refractivity contribution in [3.05, 3.63) is 0 Å². The maximum Gasteiger partial charge on any atom is 0.315 e. The second kappa shape index (κ2) is 3.80. The van der Waals surface area contributed by atoms with E-state index in [1.54, 1.807) is 18.8 Å². The van der Waals surface area contributed by atoms with Crippen molar-refractivity contribution in [2.24, 2.45) is 0 Å². The van der Waals surface area contributed by atoms with E-state index in [1.807, 2.05) is 0 Å². The Hall–Kier alpha value is -0.710. The lowest BCUT2D eigenvalue weighted by Gasteiger charge is -2.31. The van der Waals surface area contributed by atoms with Gasteiger partial charge in [-0.1, -0.05) is 0 Å². The molecule has 1 atom stereocenters. The predicted molar refractivity (Wildman–Crippen MR) is 49.0 cm³/mol. The third-order valence-corrected chi connectivity index (χ3v) is 3.56. The van der Waals surface area contributed by atoms with Gasteiger partial charge in [-0.2, -0.15) is 0 Å². The van der Waals surface area contributed by atoms with Crippen LogP contribution in [0.25, 0.3) is 0 Å². The molecule has 12 heavy (non-hydrogen) atoms. The third-order valence-electron chi connectivity index (χ3n) is 1.49. The molecule has 0 saturated heterocycles. The van der Waals surface area contributed by atoms with Gasteiger partial charge >= 0.3 is 11.9 Å². The van der Waals surface area contributed by atoms with Gasteiger partial charge in [0.05, 0.1) is 11.7 Å². The van der Waals surface area contributed by atoms with Gasteiger partial charge in [0, 0.05) is 0 Å². The maximum atomic E-state index is 10.6. The van der Waals surface area contributed by atoms with Crippen LogP contribution in [-0.2, 0) is 9.59 Å². The highest BCUT2D eigenvalue weighted by Gasteiger charge is 2.29. The number of aliphatic carboxylic acids is 2. The summed E-state index contributed by atoms with van der Waals surface area (Å²) >= 11 is 0. The number of rotatable bonds is 4. The van der Waals surface area contributed by atoms with E-state index in [0.29, 0.717) is 0 Å². The molecule has 0 fully saturated rings. The van der Waals surface area contributed by atoms with Crippen LogP contribution in [0.15, 0.2) is 0 Å². The summed E-state index contributed by atoms with van der Waals surface area (Å²) in [6, 6.07) is 0. The van der Waals surface area contributed by atoms with Gasteiger partial charge in [0.2, 0.25) is 0 Å². The van der Waals surface area contributed by atoms with Crippen molar-refractivity contribution >= 4 is 22.0 Å². The molecule has 0 bridgehead atoms. The van der Waals surface area contributed by atoms with Crippen molar-refractivity contribution in [1.82, 2.24) is 0 Å². The fourth-order valence-electron chi connectivity index (χ4n) is 0.798. The van der Waals surface area contributed by atoms with Gasteiger partial charge in [-0.25, -0.2) is 10.0 Å². The van der Waals surface area contributed by atoms with Crippen LogP contribution in [-0.4, -0.2) is 46.2 Å². The van der Waals surface area contributed by atoms with Crippen molar-refractivity contribution in [2.75, 3.05) is 18.8 Å². The Morgan fingerprint density at radius 1 is 1.25 bits per heavy atom. The first-order valence-electron chi connectivity index (χ1n) is 3.37. The quantitative estimate of drug-likeness (QED) is 0.687. The Kier molecular flexibility index (Phi) is 3.57. The molecule has 0 heterocycles. The molecule has 4 nitrogen and oxygen atoms in total. The van der Waals surface area contributed by atoms with E-state index in [-0.39, 0.29) is 6.42 Å². The topological polar surface area (TPSA) is 74.6 Å². The first kappa shape index (κ1) is 11.3. The van der Waals surface area contributed by atoms with Crippen LogP contribution in [0.5, 0.6) is 0 Å². The summed E-state index contributed by atoms with van der Waals surface area (Å²) in [6.45, 7) is 0.